The minimum Gasteiger partial charge on any atom is -0.493 e. The van der Waals surface area contributed by atoms with Crippen molar-refractivity contribution in [1.82, 2.24) is 9.88 Å². The van der Waals surface area contributed by atoms with E-state index in [0.29, 0.717) is 40.8 Å². The lowest BCUT2D eigenvalue weighted by atomic mass is 10.0. The zero-order valence-corrected chi connectivity index (χ0v) is 25.3. The summed E-state index contributed by atoms with van der Waals surface area (Å²) >= 11 is 1.40. The van der Waals surface area contributed by atoms with Gasteiger partial charge in [-0.2, -0.15) is 0 Å². The Hall–Kier alpha value is -3.67. The van der Waals surface area contributed by atoms with Crippen LogP contribution in [-0.4, -0.2) is 72.2 Å². The molecule has 1 aliphatic rings. The summed E-state index contributed by atoms with van der Waals surface area (Å²) in [5, 5.41) is 0.556. The van der Waals surface area contributed by atoms with E-state index in [0.717, 1.165) is 41.8 Å². The first-order valence-corrected chi connectivity index (χ1v) is 15.7. The minimum absolute atomic E-state index is 0.157. The van der Waals surface area contributed by atoms with Crippen molar-refractivity contribution >= 4 is 48.3 Å². The molecule has 1 aliphatic heterocycles. The molecule has 0 aliphatic carbocycles. The number of aromatic nitrogens is 1. The average Bonchev–Trinajstić information content (AvgIpc) is 3.40. The van der Waals surface area contributed by atoms with Crippen molar-refractivity contribution in [3.05, 3.63) is 71.8 Å². The Morgan fingerprint density at radius 2 is 1.71 bits per heavy atom. The molecule has 0 saturated carbocycles. The smallest absolute Gasteiger partial charge is 0.264 e. The van der Waals surface area contributed by atoms with Gasteiger partial charge in [-0.15, -0.1) is 0 Å². The highest BCUT2D eigenvalue weighted by Gasteiger charge is 2.29. The number of carbonyl (C=O) groups is 1. The van der Waals surface area contributed by atoms with E-state index in [1.807, 2.05) is 44.4 Å². The van der Waals surface area contributed by atoms with Crippen LogP contribution in [-0.2, 0) is 16.4 Å². The van der Waals surface area contributed by atoms with Gasteiger partial charge in [0, 0.05) is 30.8 Å². The molecule has 0 saturated heterocycles. The molecule has 1 aromatic heterocycles. The second-order valence-corrected chi connectivity index (χ2v) is 13.0. The molecule has 0 bridgehead atoms. The van der Waals surface area contributed by atoms with Crippen LogP contribution in [0.4, 0.5) is 10.8 Å². The number of carbonyl (C=O) groups excluding carboxylic acids is 1. The molecule has 0 unspecified atom stereocenters. The minimum atomic E-state index is -3.78. The number of thiazole rings is 1. The summed E-state index contributed by atoms with van der Waals surface area (Å²) in [6.45, 7) is 1.67. The normalized spacial score (nSPS) is 13.3. The van der Waals surface area contributed by atoms with Gasteiger partial charge in [0.25, 0.3) is 15.9 Å². The number of fused-ring (bicyclic) bond motifs is 2. The maximum Gasteiger partial charge on any atom is 0.264 e. The molecule has 11 heteroatoms. The van der Waals surface area contributed by atoms with Gasteiger partial charge in [-0.05, 0) is 75.8 Å². The van der Waals surface area contributed by atoms with Gasteiger partial charge < -0.3 is 14.4 Å². The van der Waals surface area contributed by atoms with Gasteiger partial charge in [0.15, 0.2) is 16.6 Å². The van der Waals surface area contributed by atoms with Crippen LogP contribution in [0.15, 0.2) is 65.6 Å². The third-order valence-corrected chi connectivity index (χ3v) is 9.97. The molecule has 4 aromatic rings. The number of hydrogen-bond donors (Lipinski definition) is 0. The average molecular weight is 595 g/mol. The zero-order valence-electron chi connectivity index (χ0n) is 23.7. The molecule has 0 N–H and O–H groups in total. The maximum absolute atomic E-state index is 13.8. The van der Waals surface area contributed by atoms with E-state index in [1.54, 1.807) is 37.3 Å². The fourth-order valence-electron chi connectivity index (χ4n) is 4.99. The van der Waals surface area contributed by atoms with E-state index in [2.05, 4.69) is 4.90 Å². The van der Waals surface area contributed by atoms with Gasteiger partial charge in [-0.1, -0.05) is 29.5 Å². The van der Waals surface area contributed by atoms with Gasteiger partial charge in [0.05, 0.1) is 35.0 Å². The molecule has 0 spiro atoms. The molecule has 41 heavy (non-hydrogen) atoms. The fraction of sp³-hybridized carbons (Fsp3) is 0.333. The predicted octanol–water partition coefficient (Wildman–Crippen LogP) is 5.05. The molecule has 0 radical (unpaired) electrons. The lowest BCUT2D eigenvalue weighted by molar-refractivity contribution is 0.0986. The summed E-state index contributed by atoms with van der Waals surface area (Å²) < 4.78 is 40.4. The van der Waals surface area contributed by atoms with E-state index >= 15 is 0 Å². The molecule has 3 aromatic carbocycles. The summed E-state index contributed by atoms with van der Waals surface area (Å²) in [7, 11) is 3.35. The molecule has 2 heterocycles. The number of hydrogen-bond acceptors (Lipinski definition) is 8. The number of ether oxygens (including phenoxy) is 2. The Morgan fingerprint density at radius 1 is 1.00 bits per heavy atom. The number of para-hydroxylation sites is 1. The molecule has 0 atom stereocenters. The molecule has 1 amide bonds. The predicted molar refractivity (Wildman–Crippen MR) is 163 cm³/mol. The quantitative estimate of drug-likeness (QED) is 0.254. The van der Waals surface area contributed by atoms with Crippen molar-refractivity contribution < 1.29 is 22.7 Å². The van der Waals surface area contributed by atoms with Crippen molar-refractivity contribution in [2.24, 2.45) is 0 Å². The van der Waals surface area contributed by atoms with Crippen molar-refractivity contribution in [3.8, 4) is 11.5 Å². The Labute approximate surface area is 245 Å². The molecule has 5 rings (SSSR count). The summed E-state index contributed by atoms with van der Waals surface area (Å²) in [6.07, 6.45) is 2.35. The van der Waals surface area contributed by atoms with Gasteiger partial charge in [0.2, 0.25) is 0 Å². The Kier molecular flexibility index (Phi) is 8.48. The van der Waals surface area contributed by atoms with Crippen molar-refractivity contribution in [1.29, 1.82) is 0 Å². The lowest BCUT2D eigenvalue weighted by Gasteiger charge is -2.30. The Morgan fingerprint density at radius 3 is 2.41 bits per heavy atom. The first kappa shape index (κ1) is 28.8. The number of anilines is 2. The number of sulfonamides is 1. The second-order valence-electron chi connectivity index (χ2n) is 10.1. The van der Waals surface area contributed by atoms with Gasteiger partial charge >= 0.3 is 0 Å². The van der Waals surface area contributed by atoms with Crippen LogP contribution in [0, 0.1) is 0 Å². The third-order valence-electron chi connectivity index (χ3n) is 7.10. The van der Waals surface area contributed by atoms with Crippen molar-refractivity contribution in [3.63, 3.8) is 0 Å². The van der Waals surface area contributed by atoms with Crippen LogP contribution < -0.4 is 18.7 Å². The summed E-state index contributed by atoms with van der Waals surface area (Å²) in [5.41, 5.74) is 2.84. The highest BCUT2D eigenvalue weighted by atomic mass is 32.2. The molecule has 0 fully saturated rings. The first-order valence-electron chi connectivity index (χ1n) is 13.4. The molecular formula is C30H34N4O5S2. The van der Waals surface area contributed by atoms with E-state index in [9.17, 15) is 13.2 Å². The maximum atomic E-state index is 13.8. The van der Waals surface area contributed by atoms with Gasteiger partial charge in [-0.3, -0.25) is 14.0 Å². The van der Waals surface area contributed by atoms with E-state index in [1.165, 1.54) is 27.8 Å². The zero-order chi connectivity index (χ0) is 29.1. The Balaban J connectivity index is 1.44. The lowest BCUT2D eigenvalue weighted by Crippen LogP contribution is -2.35. The monoisotopic (exact) mass is 594 g/mol. The van der Waals surface area contributed by atoms with E-state index in [-0.39, 0.29) is 10.8 Å². The van der Waals surface area contributed by atoms with E-state index in [4.69, 9.17) is 14.5 Å². The van der Waals surface area contributed by atoms with Crippen LogP contribution in [0.2, 0.25) is 0 Å². The van der Waals surface area contributed by atoms with Crippen LogP contribution in [0.25, 0.3) is 10.2 Å². The van der Waals surface area contributed by atoms with Crippen molar-refractivity contribution in [2.45, 2.75) is 24.2 Å². The number of benzene rings is 3. The highest BCUT2D eigenvalue weighted by molar-refractivity contribution is 7.92. The van der Waals surface area contributed by atoms with Crippen LogP contribution in [0.5, 0.6) is 11.5 Å². The third kappa shape index (κ3) is 5.88. The fourth-order valence-corrected chi connectivity index (χ4v) is 7.53. The number of amides is 1. The number of rotatable bonds is 10. The molecule has 216 valence electrons. The summed E-state index contributed by atoms with van der Waals surface area (Å²) in [5.74, 6) is 0.915. The molecule has 9 nitrogen and oxygen atoms in total. The topological polar surface area (TPSA) is 92.3 Å². The number of aryl methyl sites for hydroxylation is 1. The second kappa shape index (κ2) is 12.1. The highest BCUT2D eigenvalue weighted by Crippen LogP contribution is 2.38. The first-order chi connectivity index (χ1) is 19.7. The van der Waals surface area contributed by atoms with Crippen molar-refractivity contribution in [2.75, 3.05) is 57.2 Å². The Bertz CT molecular complexity index is 1610. The van der Waals surface area contributed by atoms with Gasteiger partial charge in [0.1, 0.15) is 0 Å². The summed E-state index contributed by atoms with van der Waals surface area (Å²) in [6, 6.07) is 17.5. The summed E-state index contributed by atoms with van der Waals surface area (Å²) in [4.78, 5) is 22.5. The van der Waals surface area contributed by atoms with E-state index < -0.39 is 10.0 Å². The SMILES string of the molecule is COc1cc2nc(N(CCCN(C)C)C(=O)c3ccc(S(=O)(=O)N4CCCc5ccccc54)cc3)sc2cc1OC. The van der Waals surface area contributed by atoms with Crippen LogP contribution in [0.3, 0.4) is 0 Å². The number of nitrogens with zero attached hydrogens (tertiary/aromatic N) is 4. The molecular weight excluding hydrogens is 560 g/mol. The standard InChI is InChI=1S/C30H34N4O5S2/c1-32(2)16-8-17-33(30-31-24-19-26(38-3)27(39-4)20-28(24)40-30)29(35)22-12-14-23(15-13-22)41(36,37)34-18-7-10-21-9-5-6-11-25(21)34/h5-6,9,11-15,19-20H,7-8,10,16-18H2,1-4H3. The van der Waals surface area contributed by atoms with Crippen LogP contribution in [0.1, 0.15) is 28.8 Å². The van der Waals surface area contributed by atoms with Gasteiger partial charge in [-0.25, -0.2) is 13.4 Å². The largest absolute Gasteiger partial charge is 0.493 e. The number of methoxy groups -OCH3 is 2. The van der Waals surface area contributed by atoms with Crippen LogP contribution >= 0.6 is 11.3 Å².